The number of aromatic nitrogens is 1. The average Bonchev–Trinajstić information content (AvgIpc) is 2.39. The Morgan fingerprint density at radius 3 is 2.82 bits per heavy atom. The van der Waals surface area contributed by atoms with Crippen LogP contribution in [0.5, 0.6) is 0 Å². The van der Waals surface area contributed by atoms with Gasteiger partial charge in [-0.1, -0.05) is 61.2 Å². The van der Waals surface area contributed by atoms with Crippen LogP contribution in [0.2, 0.25) is 0 Å². The van der Waals surface area contributed by atoms with E-state index in [-0.39, 0.29) is 0 Å². The molecular formula is C16H15N. The molecule has 0 spiro atoms. The van der Waals surface area contributed by atoms with Crippen LogP contribution >= 0.6 is 0 Å². The molecule has 2 aromatic rings. The molecule has 0 aliphatic rings. The van der Waals surface area contributed by atoms with Crippen molar-refractivity contribution in [3.63, 3.8) is 0 Å². The SMILES string of the molecule is C=C/C=C\C=C/Cc1nccc2ccccc12. The standard InChI is InChI=1S/C16H15N/c1-2-3-4-5-6-11-16-15-10-8-7-9-14(15)12-13-17-16/h2-10,12-13H,1,11H2/b4-3-,6-5-. The molecule has 0 amide bonds. The van der Waals surface area contributed by atoms with Crippen molar-refractivity contribution >= 4 is 10.8 Å². The predicted molar refractivity (Wildman–Crippen MR) is 73.9 cm³/mol. The number of allylic oxidation sites excluding steroid dienone is 5. The van der Waals surface area contributed by atoms with Crippen molar-refractivity contribution in [2.45, 2.75) is 6.42 Å². The van der Waals surface area contributed by atoms with E-state index in [4.69, 9.17) is 0 Å². The van der Waals surface area contributed by atoms with Gasteiger partial charge in [0, 0.05) is 18.0 Å². The van der Waals surface area contributed by atoms with Crippen LogP contribution in [-0.4, -0.2) is 4.98 Å². The number of rotatable bonds is 4. The summed E-state index contributed by atoms with van der Waals surface area (Å²) in [7, 11) is 0. The second kappa shape index (κ2) is 5.80. The van der Waals surface area contributed by atoms with Gasteiger partial charge in [0.15, 0.2) is 0 Å². The summed E-state index contributed by atoms with van der Waals surface area (Å²) in [4.78, 5) is 4.43. The van der Waals surface area contributed by atoms with E-state index < -0.39 is 0 Å². The molecule has 1 aromatic heterocycles. The molecule has 1 nitrogen and oxygen atoms in total. The average molecular weight is 221 g/mol. The fraction of sp³-hybridized carbons (Fsp3) is 0.0625. The number of hydrogen-bond acceptors (Lipinski definition) is 1. The van der Waals surface area contributed by atoms with E-state index in [0.29, 0.717) is 0 Å². The van der Waals surface area contributed by atoms with Gasteiger partial charge in [0.05, 0.1) is 5.69 Å². The number of pyridine rings is 1. The Kier molecular flexibility index (Phi) is 3.87. The molecule has 17 heavy (non-hydrogen) atoms. The Labute approximate surface area is 102 Å². The summed E-state index contributed by atoms with van der Waals surface area (Å²) in [5, 5.41) is 2.47. The van der Waals surface area contributed by atoms with Crippen LogP contribution in [-0.2, 0) is 6.42 Å². The maximum absolute atomic E-state index is 4.43. The minimum absolute atomic E-state index is 0.850. The van der Waals surface area contributed by atoms with Crippen molar-refractivity contribution in [3.8, 4) is 0 Å². The summed E-state index contributed by atoms with van der Waals surface area (Å²) in [6.45, 7) is 3.62. The smallest absolute Gasteiger partial charge is 0.0519 e. The molecule has 1 heteroatoms. The first kappa shape index (κ1) is 11.3. The van der Waals surface area contributed by atoms with E-state index in [1.54, 1.807) is 6.08 Å². The topological polar surface area (TPSA) is 12.9 Å². The lowest BCUT2D eigenvalue weighted by atomic mass is 10.1. The van der Waals surface area contributed by atoms with Crippen LogP contribution in [0.15, 0.2) is 73.5 Å². The van der Waals surface area contributed by atoms with Crippen LogP contribution < -0.4 is 0 Å². The summed E-state index contributed by atoms with van der Waals surface area (Å²) >= 11 is 0. The third-order valence-electron chi connectivity index (χ3n) is 2.56. The van der Waals surface area contributed by atoms with Gasteiger partial charge in [0.2, 0.25) is 0 Å². The summed E-state index contributed by atoms with van der Waals surface area (Å²) in [5.74, 6) is 0. The van der Waals surface area contributed by atoms with Crippen LogP contribution in [0.4, 0.5) is 0 Å². The van der Waals surface area contributed by atoms with Crippen molar-refractivity contribution in [3.05, 3.63) is 79.2 Å². The van der Waals surface area contributed by atoms with Crippen molar-refractivity contribution in [1.82, 2.24) is 4.98 Å². The molecule has 0 saturated carbocycles. The van der Waals surface area contributed by atoms with Gasteiger partial charge in [0.1, 0.15) is 0 Å². The van der Waals surface area contributed by atoms with E-state index in [9.17, 15) is 0 Å². The van der Waals surface area contributed by atoms with Crippen LogP contribution in [0.25, 0.3) is 10.8 Å². The number of fused-ring (bicyclic) bond motifs is 1. The molecule has 1 heterocycles. The van der Waals surface area contributed by atoms with Gasteiger partial charge in [-0.2, -0.15) is 0 Å². The highest BCUT2D eigenvalue weighted by molar-refractivity contribution is 5.84. The second-order valence-electron chi connectivity index (χ2n) is 3.73. The minimum Gasteiger partial charge on any atom is -0.260 e. The molecule has 2 rings (SSSR count). The number of hydrogen-bond donors (Lipinski definition) is 0. The second-order valence-corrected chi connectivity index (χ2v) is 3.73. The van der Waals surface area contributed by atoms with E-state index in [1.165, 1.54) is 10.8 Å². The number of benzene rings is 1. The van der Waals surface area contributed by atoms with Crippen LogP contribution in [0, 0.1) is 0 Å². The predicted octanol–water partition coefficient (Wildman–Crippen LogP) is 4.08. The summed E-state index contributed by atoms with van der Waals surface area (Å²) < 4.78 is 0. The highest BCUT2D eigenvalue weighted by atomic mass is 14.7. The summed E-state index contributed by atoms with van der Waals surface area (Å²) in [5.41, 5.74) is 1.12. The molecule has 0 N–H and O–H groups in total. The zero-order chi connectivity index (χ0) is 11.9. The summed E-state index contributed by atoms with van der Waals surface area (Å²) in [6, 6.07) is 10.4. The molecule has 0 aliphatic carbocycles. The quantitative estimate of drug-likeness (QED) is 0.709. The molecule has 0 radical (unpaired) electrons. The van der Waals surface area contributed by atoms with Gasteiger partial charge in [-0.25, -0.2) is 0 Å². The van der Waals surface area contributed by atoms with Gasteiger partial charge in [-0.3, -0.25) is 4.98 Å². The van der Waals surface area contributed by atoms with E-state index in [2.05, 4.69) is 41.9 Å². The van der Waals surface area contributed by atoms with Crippen molar-refractivity contribution in [2.75, 3.05) is 0 Å². The first-order valence-corrected chi connectivity index (χ1v) is 5.68. The zero-order valence-corrected chi connectivity index (χ0v) is 9.71. The highest BCUT2D eigenvalue weighted by Crippen LogP contribution is 2.16. The Morgan fingerprint density at radius 1 is 1.06 bits per heavy atom. The molecule has 0 saturated heterocycles. The van der Waals surface area contributed by atoms with Gasteiger partial charge >= 0.3 is 0 Å². The largest absolute Gasteiger partial charge is 0.260 e. The molecule has 84 valence electrons. The minimum atomic E-state index is 0.850. The monoisotopic (exact) mass is 221 g/mol. The third kappa shape index (κ3) is 2.91. The van der Waals surface area contributed by atoms with Gasteiger partial charge in [-0.05, 0) is 11.5 Å². The summed E-state index contributed by atoms with van der Waals surface area (Å²) in [6.07, 6.45) is 12.5. The third-order valence-corrected chi connectivity index (χ3v) is 2.56. The van der Waals surface area contributed by atoms with E-state index >= 15 is 0 Å². The van der Waals surface area contributed by atoms with Crippen LogP contribution in [0.1, 0.15) is 5.69 Å². The fourth-order valence-electron chi connectivity index (χ4n) is 1.75. The van der Waals surface area contributed by atoms with Gasteiger partial charge in [-0.15, -0.1) is 0 Å². The Balaban J connectivity index is 2.21. The molecule has 1 aromatic carbocycles. The first-order chi connectivity index (χ1) is 8.42. The van der Waals surface area contributed by atoms with Gasteiger partial charge < -0.3 is 0 Å². The fourth-order valence-corrected chi connectivity index (χ4v) is 1.75. The Morgan fingerprint density at radius 2 is 1.94 bits per heavy atom. The molecule has 0 fully saturated rings. The Bertz CT molecular complexity index is 559. The Hall–Kier alpha value is -2.15. The lowest BCUT2D eigenvalue weighted by Crippen LogP contribution is -1.88. The van der Waals surface area contributed by atoms with E-state index in [1.807, 2.05) is 30.5 Å². The van der Waals surface area contributed by atoms with Crippen LogP contribution in [0.3, 0.4) is 0 Å². The maximum Gasteiger partial charge on any atom is 0.0519 e. The first-order valence-electron chi connectivity index (χ1n) is 5.68. The lowest BCUT2D eigenvalue weighted by Gasteiger charge is -2.02. The van der Waals surface area contributed by atoms with Gasteiger partial charge in [0.25, 0.3) is 0 Å². The normalized spacial score (nSPS) is 11.5. The highest BCUT2D eigenvalue weighted by Gasteiger charge is 1.98. The van der Waals surface area contributed by atoms with Crippen molar-refractivity contribution in [1.29, 1.82) is 0 Å². The molecular weight excluding hydrogens is 206 g/mol. The molecule has 0 unspecified atom stereocenters. The lowest BCUT2D eigenvalue weighted by molar-refractivity contribution is 1.14. The van der Waals surface area contributed by atoms with Crippen molar-refractivity contribution in [2.24, 2.45) is 0 Å². The zero-order valence-electron chi connectivity index (χ0n) is 9.71. The molecule has 0 atom stereocenters. The molecule has 0 aliphatic heterocycles. The molecule has 0 bridgehead atoms. The number of nitrogens with zero attached hydrogens (tertiary/aromatic N) is 1. The van der Waals surface area contributed by atoms with Crippen molar-refractivity contribution < 1.29 is 0 Å². The maximum atomic E-state index is 4.43. The van der Waals surface area contributed by atoms with E-state index in [0.717, 1.165) is 12.1 Å².